The SMILES string of the molecule is CCOC(=O)C(O)C(O)c1cc(C)ccc1C#N. The molecule has 0 heterocycles. The lowest BCUT2D eigenvalue weighted by Gasteiger charge is -2.18. The first-order chi connectivity index (χ1) is 8.51. The number of nitrogens with zero attached hydrogens (tertiary/aromatic N) is 1. The maximum absolute atomic E-state index is 11.3. The molecule has 1 rings (SSSR count). The van der Waals surface area contributed by atoms with Crippen LogP contribution < -0.4 is 0 Å². The molecule has 0 aliphatic heterocycles. The largest absolute Gasteiger partial charge is 0.464 e. The number of hydrogen-bond acceptors (Lipinski definition) is 5. The van der Waals surface area contributed by atoms with Crippen LogP contribution in [0.3, 0.4) is 0 Å². The predicted molar refractivity (Wildman–Crippen MR) is 63.5 cm³/mol. The Labute approximate surface area is 105 Å². The highest BCUT2D eigenvalue weighted by Gasteiger charge is 2.28. The average molecular weight is 249 g/mol. The van der Waals surface area contributed by atoms with Gasteiger partial charge in [0.25, 0.3) is 0 Å². The van der Waals surface area contributed by atoms with Crippen LogP contribution in [0.5, 0.6) is 0 Å². The fourth-order valence-corrected chi connectivity index (χ4v) is 1.56. The van der Waals surface area contributed by atoms with E-state index in [9.17, 15) is 15.0 Å². The summed E-state index contributed by atoms with van der Waals surface area (Å²) in [5.41, 5.74) is 1.26. The van der Waals surface area contributed by atoms with E-state index >= 15 is 0 Å². The van der Waals surface area contributed by atoms with Gasteiger partial charge in [0.1, 0.15) is 6.10 Å². The summed E-state index contributed by atoms with van der Waals surface area (Å²) in [4.78, 5) is 11.3. The minimum absolute atomic E-state index is 0.113. The van der Waals surface area contributed by atoms with Gasteiger partial charge in [-0.25, -0.2) is 4.79 Å². The molecule has 0 saturated heterocycles. The predicted octanol–water partition coefficient (Wildman–Crippen LogP) is 0.824. The third-order valence-electron chi connectivity index (χ3n) is 2.47. The first kappa shape index (κ1) is 14.2. The number of rotatable bonds is 4. The zero-order valence-electron chi connectivity index (χ0n) is 10.3. The van der Waals surface area contributed by atoms with E-state index < -0.39 is 18.2 Å². The molecule has 0 aromatic heterocycles. The van der Waals surface area contributed by atoms with Gasteiger partial charge < -0.3 is 14.9 Å². The van der Waals surface area contributed by atoms with Crippen molar-refractivity contribution in [2.45, 2.75) is 26.1 Å². The summed E-state index contributed by atoms with van der Waals surface area (Å²) in [6, 6.07) is 6.71. The Hall–Kier alpha value is -1.90. The number of aliphatic hydroxyl groups excluding tert-OH is 2. The third-order valence-corrected chi connectivity index (χ3v) is 2.47. The molecule has 2 unspecified atom stereocenters. The number of benzene rings is 1. The molecule has 0 aliphatic rings. The molecule has 0 radical (unpaired) electrons. The summed E-state index contributed by atoms with van der Waals surface area (Å²) in [6.07, 6.45) is -3.17. The van der Waals surface area contributed by atoms with Crippen molar-refractivity contribution in [3.63, 3.8) is 0 Å². The van der Waals surface area contributed by atoms with Crippen LogP contribution >= 0.6 is 0 Å². The van der Waals surface area contributed by atoms with Gasteiger partial charge in [0, 0.05) is 5.56 Å². The Bertz CT molecular complexity index is 478. The van der Waals surface area contributed by atoms with Gasteiger partial charge in [0.15, 0.2) is 6.10 Å². The van der Waals surface area contributed by atoms with E-state index in [0.29, 0.717) is 0 Å². The number of esters is 1. The molecule has 1 aromatic carbocycles. The zero-order valence-corrected chi connectivity index (χ0v) is 10.3. The number of ether oxygens (including phenoxy) is 1. The second kappa shape index (κ2) is 6.15. The van der Waals surface area contributed by atoms with E-state index in [2.05, 4.69) is 4.74 Å². The first-order valence-electron chi connectivity index (χ1n) is 5.54. The highest BCUT2D eigenvalue weighted by atomic mass is 16.5. The van der Waals surface area contributed by atoms with E-state index in [0.717, 1.165) is 5.56 Å². The van der Waals surface area contributed by atoms with Crippen molar-refractivity contribution in [2.24, 2.45) is 0 Å². The van der Waals surface area contributed by atoms with E-state index in [-0.39, 0.29) is 17.7 Å². The maximum atomic E-state index is 11.3. The molecular formula is C13H15NO4. The second-order valence-electron chi connectivity index (χ2n) is 3.84. The molecule has 0 aliphatic carbocycles. The number of nitriles is 1. The lowest BCUT2D eigenvalue weighted by atomic mass is 9.97. The molecule has 18 heavy (non-hydrogen) atoms. The van der Waals surface area contributed by atoms with Gasteiger partial charge in [0.2, 0.25) is 0 Å². The van der Waals surface area contributed by atoms with Crippen molar-refractivity contribution in [1.82, 2.24) is 0 Å². The monoisotopic (exact) mass is 249 g/mol. The van der Waals surface area contributed by atoms with Crippen molar-refractivity contribution in [1.29, 1.82) is 5.26 Å². The van der Waals surface area contributed by atoms with Gasteiger partial charge in [-0.3, -0.25) is 0 Å². The number of aryl methyl sites for hydroxylation is 1. The van der Waals surface area contributed by atoms with E-state index in [4.69, 9.17) is 5.26 Å². The summed E-state index contributed by atoms with van der Waals surface area (Å²) in [6.45, 7) is 3.50. The van der Waals surface area contributed by atoms with E-state index in [1.54, 1.807) is 26.0 Å². The fourth-order valence-electron chi connectivity index (χ4n) is 1.56. The molecule has 2 N–H and O–H groups in total. The summed E-state index contributed by atoms with van der Waals surface area (Å²) < 4.78 is 4.62. The molecule has 0 amide bonds. The molecule has 2 atom stereocenters. The highest BCUT2D eigenvalue weighted by molar-refractivity contribution is 5.75. The maximum Gasteiger partial charge on any atom is 0.338 e. The van der Waals surface area contributed by atoms with Crippen molar-refractivity contribution in [3.05, 3.63) is 34.9 Å². The summed E-state index contributed by atoms with van der Waals surface area (Å²) >= 11 is 0. The fraction of sp³-hybridized carbons (Fsp3) is 0.385. The highest BCUT2D eigenvalue weighted by Crippen LogP contribution is 2.22. The smallest absolute Gasteiger partial charge is 0.338 e. The molecule has 96 valence electrons. The van der Waals surface area contributed by atoms with Gasteiger partial charge in [-0.2, -0.15) is 5.26 Å². The normalized spacial score (nSPS) is 13.5. The lowest BCUT2D eigenvalue weighted by Crippen LogP contribution is -2.30. The molecule has 0 spiro atoms. The Morgan fingerprint density at radius 2 is 2.17 bits per heavy atom. The molecule has 5 heteroatoms. The Kier molecular flexibility index (Phi) is 4.84. The Morgan fingerprint density at radius 1 is 1.50 bits per heavy atom. The van der Waals surface area contributed by atoms with Crippen molar-refractivity contribution in [3.8, 4) is 6.07 Å². The number of carbonyl (C=O) groups excluding carboxylic acids is 1. The molecule has 0 bridgehead atoms. The third kappa shape index (κ3) is 3.06. The summed E-state index contributed by atoms with van der Waals surface area (Å²) in [5, 5.41) is 28.5. The van der Waals surface area contributed by atoms with E-state index in [1.807, 2.05) is 6.07 Å². The molecule has 0 fully saturated rings. The van der Waals surface area contributed by atoms with Crippen LogP contribution in [0.25, 0.3) is 0 Å². The Balaban J connectivity index is 3.03. The summed E-state index contributed by atoms with van der Waals surface area (Å²) in [7, 11) is 0. The van der Waals surface area contributed by atoms with Gasteiger partial charge in [0.05, 0.1) is 18.2 Å². The molecule has 0 saturated carbocycles. The van der Waals surface area contributed by atoms with Crippen LogP contribution in [0.4, 0.5) is 0 Å². The van der Waals surface area contributed by atoms with Crippen LogP contribution in [0.1, 0.15) is 29.7 Å². The van der Waals surface area contributed by atoms with Gasteiger partial charge >= 0.3 is 5.97 Å². The summed E-state index contributed by atoms with van der Waals surface area (Å²) in [5.74, 6) is -0.907. The first-order valence-corrected chi connectivity index (χ1v) is 5.54. The van der Waals surface area contributed by atoms with Gasteiger partial charge in [-0.1, -0.05) is 17.7 Å². The van der Waals surface area contributed by atoms with Crippen LogP contribution in [0.15, 0.2) is 18.2 Å². The van der Waals surface area contributed by atoms with E-state index in [1.165, 1.54) is 6.07 Å². The lowest BCUT2D eigenvalue weighted by molar-refractivity contribution is -0.159. The minimum Gasteiger partial charge on any atom is -0.464 e. The molecule has 5 nitrogen and oxygen atoms in total. The van der Waals surface area contributed by atoms with Crippen LogP contribution in [-0.4, -0.2) is 28.9 Å². The number of aliphatic hydroxyl groups is 2. The van der Waals surface area contributed by atoms with Crippen molar-refractivity contribution < 1.29 is 19.7 Å². The average Bonchev–Trinajstić information content (AvgIpc) is 2.37. The van der Waals surface area contributed by atoms with Crippen LogP contribution in [0, 0.1) is 18.3 Å². The number of hydrogen-bond donors (Lipinski definition) is 2. The second-order valence-corrected chi connectivity index (χ2v) is 3.84. The van der Waals surface area contributed by atoms with Crippen molar-refractivity contribution in [2.75, 3.05) is 6.61 Å². The van der Waals surface area contributed by atoms with Crippen LogP contribution in [0.2, 0.25) is 0 Å². The molecular weight excluding hydrogens is 234 g/mol. The quantitative estimate of drug-likeness (QED) is 0.771. The Morgan fingerprint density at radius 3 is 2.72 bits per heavy atom. The van der Waals surface area contributed by atoms with Crippen molar-refractivity contribution >= 4 is 5.97 Å². The standard InChI is InChI=1S/C13H15NO4/c1-3-18-13(17)12(16)11(15)10-6-8(2)4-5-9(10)7-14/h4-6,11-12,15-16H,3H2,1-2H3. The zero-order chi connectivity index (χ0) is 13.7. The molecule has 1 aromatic rings. The van der Waals surface area contributed by atoms with Crippen LogP contribution in [-0.2, 0) is 9.53 Å². The van der Waals surface area contributed by atoms with Gasteiger partial charge in [-0.05, 0) is 19.9 Å². The van der Waals surface area contributed by atoms with Gasteiger partial charge in [-0.15, -0.1) is 0 Å². The topological polar surface area (TPSA) is 90.6 Å². The minimum atomic E-state index is -1.70. The number of carbonyl (C=O) groups is 1.